The molecule has 0 aromatic heterocycles. The molecule has 0 aliphatic rings. The minimum atomic E-state index is 0.740. The lowest BCUT2D eigenvalue weighted by atomic mass is 9.86. The van der Waals surface area contributed by atoms with Crippen molar-refractivity contribution in [3.05, 3.63) is 34.9 Å². The molecule has 0 fully saturated rings. The first-order valence-corrected chi connectivity index (χ1v) is 7.49. The molecule has 0 saturated heterocycles. The highest BCUT2D eigenvalue weighted by molar-refractivity contribution is 5.36. The third-order valence-corrected chi connectivity index (χ3v) is 3.24. The van der Waals surface area contributed by atoms with E-state index in [2.05, 4.69) is 59.7 Å². The average molecular weight is 246 g/mol. The predicted molar refractivity (Wildman–Crippen MR) is 82.1 cm³/mol. The molecule has 0 spiro atoms. The van der Waals surface area contributed by atoms with E-state index in [4.69, 9.17) is 0 Å². The molecule has 0 aliphatic heterocycles. The number of hydrogen-bond acceptors (Lipinski definition) is 0. The number of hydrogen-bond donors (Lipinski definition) is 0. The van der Waals surface area contributed by atoms with Gasteiger partial charge in [0, 0.05) is 0 Å². The lowest BCUT2D eigenvalue weighted by molar-refractivity contribution is 0.597. The molecule has 0 heteroatoms. The molecule has 102 valence electrons. The van der Waals surface area contributed by atoms with Crippen molar-refractivity contribution in [2.24, 2.45) is 17.8 Å². The van der Waals surface area contributed by atoms with E-state index in [1.54, 1.807) is 16.7 Å². The second-order valence-corrected chi connectivity index (χ2v) is 6.85. The van der Waals surface area contributed by atoms with E-state index < -0.39 is 0 Å². The Hall–Kier alpha value is -0.780. The zero-order valence-electron chi connectivity index (χ0n) is 13.1. The van der Waals surface area contributed by atoms with Crippen LogP contribution in [-0.4, -0.2) is 0 Å². The first kappa shape index (κ1) is 15.3. The summed E-state index contributed by atoms with van der Waals surface area (Å²) in [4.78, 5) is 0. The fourth-order valence-electron chi connectivity index (χ4n) is 2.62. The van der Waals surface area contributed by atoms with Crippen LogP contribution in [0.15, 0.2) is 18.2 Å². The SMILES string of the molecule is CC(C)Cc1cccc(CC(C)C)c1CC(C)C. The van der Waals surface area contributed by atoms with Gasteiger partial charge in [-0.3, -0.25) is 0 Å². The molecule has 0 atom stereocenters. The summed E-state index contributed by atoms with van der Waals surface area (Å²) in [5, 5.41) is 0. The highest BCUT2D eigenvalue weighted by Gasteiger charge is 2.12. The van der Waals surface area contributed by atoms with Gasteiger partial charge < -0.3 is 0 Å². The largest absolute Gasteiger partial charge is 0.0625 e. The van der Waals surface area contributed by atoms with Crippen LogP contribution in [0.4, 0.5) is 0 Å². The van der Waals surface area contributed by atoms with Gasteiger partial charge in [-0.05, 0) is 53.7 Å². The monoisotopic (exact) mass is 246 g/mol. The molecule has 0 radical (unpaired) electrons. The average Bonchev–Trinajstić information content (AvgIpc) is 2.20. The Morgan fingerprint density at radius 3 is 1.39 bits per heavy atom. The zero-order chi connectivity index (χ0) is 13.7. The normalized spacial score (nSPS) is 11.8. The standard InChI is InChI=1S/C18H30/c1-13(2)10-16-8-7-9-17(11-14(3)4)18(16)12-15(5)6/h7-9,13-15H,10-12H2,1-6H3. The van der Waals surface area contributed by atoms with E-state index in [-0.39, 0.29) is 0 Å². The Kier molecular flexibility index (Phi) is 5.91. The van der Waals surface area contributed by atoms with E-state index in [1.165, 1.54) is 19.3 Å². The van der Waals surface area contributed by atoms with Crippen molar-refractivity contribution in [2.45, 2.75) is 60.8 Å². The molecule has 0 bridgehead atoms. The summed E-state index contributed by atoms with van der Waals surface area (Å²) in [6, 6.07) is 6.92. The topological polar surface area (TPSA) is 0 Å². The number of benzene rings is 1. The van der Waals surface area contributed by atoms with Crippen LogP contribution in [-0.2, 0) is 19.3 Å². The Bertz CT molecular complexity index is 330. The Morgan fingerprint density at radius 2 is 1.06 bits per heavy atom. The zero-order valence-corrected chi connectivity index (χ0v) is 13.1. The van der Waals surface area contributed by atoms with Gasteiger partial charge in [-0.1, -0.05) is 59.7 Å². The van der Waals surface area contributed by atoms with Crippen molar-refractivity contribution in [3.63, 3.8) is 0 Å². The first-order valence-electron chi connectivity index (χ1n) is 7.49. The third kappa shape index (κ3) is 4.84. The lowest BCUT2D eigenvalue weighted by Gasteiger charge is -2.19. The summed E-state index contributed by atoms with van der Waals surface area (Å²) in [5.74, 6) is 2.22. The molecule has 1 aromatic carbocycles. The minimum Gasteiger partial charge on any atom is -0.0625 e. The summed E-state index contributed by atoms with van der Waals surface area (Å²) < 4.78 is 0. The maximum atomic E-state index is 2.33. The summed E-state index contributed by atoms with van der Waals surface area (Å²) in [5.41, 5.74) is 4.80. The minimum absolute atomic E-state index is 0.740. The molecular formula is C18H30. The maximum absolute atomic E-state index is 2.33. The van der Waals surface area contributed by atoms with Crippen LogP contribution in [0.3, 0.4) is 0 Å². The molecule has 1 rings (SSSR count). The number of rotatable bonds is 6. The van der Waals surface area contributed by atoms with Gasteiger partial charge in [-0.25, -0.2) is 0 Å². The highest BCUT2D eigenvalue weighted by atomic mass is 14.2. The van der Waals surface area contributed by atoms with Gasteiger partial charge in [0.25, 0.3) is 0 Å². The van der Waals surface area contributed by atoms with Crippen molar-refractivity contribution >= 4 is 0 Å². The van der Waals surface area contributed by atoms with Crippen molar-refractivity contribution < 1.29 is 0 Å². The molecule has 0 heterocycles. The van der Waals surface area contributed by atoms with Gasteiger partial charge in [0.1, 0.15) is 0 Å². The van der Waals surface area contributed by atoms with Gasteiger partial charge in [0.2, 0.25) is 0 Å². The molecule has 0 aliphatic carbocycles. The van der Waals surface area contributed by atoms with E-state index in [0.29, 0.717) is 0 Å². The van der Waals surface area contributed by atoms with Gasteiger partial charge in [-0.2, -0.15) is 0 Å². The molecule has 0 amide bonds. The van der Waals surface area contributed by atoms with Crippen LogP contribution in [0.1, 0.15) is 58.2 Å². The van der Waals surface area contributed by atoms with E-state index in [9.17, 15) is 0 Å². The summed E-state index contributed by atoms with van der Waals surface area (Å²) in [6.07, 6.45) is 3.66. The fraction of sp³-hybridized carbons (Fsp3) is 0.667. The molecule has 0 unspecified atom stereocenters. The van der Waals surface area contributed by atoms with Crippen molar-refractivity contribution in [1.29, 1.82) is 0 Å². The van der Waals surface area contributed by atoms with Crippen LogP contribution < -0.4 is 0 Å². The molecule has 18 heavy (non-hydrogen) atoms. The van der Waals surface area contributed by atoms with Crippen molar-refractivity contribution in [2.75, 3.05) is 0 Å². The van der Waals surface area contributed by atoms with Crippen LogP contribution in [0, 0.1) is 17.8 Å². The molecule has 1 aromatic rings. The van der Waals surface area contributed by atoms with Crippen LogP contribution >= 0.6 is 0 Å². The third-order valence-electron chi connectivity index (χ3n) is 3.24. The van der Waals surface area contributed by atoms with Gasteiger partial charge in [-0.15, -0.1) is 0 Å². The predicted octanol–water partition coefficient (Wildman–Crippen LogP) is 5.28. The lowest BCUT2D eigenvalue weighted by Crippen LogP contribution is -2.08. The Labute approximate surface area is 114 Å². The summed E-state index contributed by atoms with van der Waals surface area (Å²) in [6.45, 7) is 13.9. The first-order chi connectivity index (χ1) is 8.40. The molecular weight excluding hydrogens is 216 g/mol. The Balaban J connectivity index is 3.08. The van der Waals surface area contributed by atoms with Gasteiger partial charge in [0.05, 0.1) is 0 Å². The highest BCUT2D eigenvalue weighted by Crippen LogP contribution is 2.23. The second-order valence-electron chi connectivity index (χ2n) is 6.85. The van der Waals surface area contributed by atoms with Crippen LogP contribution in [0.5, 0.6) is 0 Å². The smallest absolute Gasteiger partial charge is 0.0250 e. The summed E-state index contributed by atoms with van der Waals surface area (Å²) >= 11 is 0. The maximum Gasteiger partial charge on any atom is -0.0250 e. The molecule has 0 N–H and O–H groups in total. The van der Waals surface area contributed by atoms with E-state index >= 15 is 0 Å². The van der Waals surface area contributed by atoms with E-state index in [0.717, 1.165) is 17.8 Å². The summed E-state index contributed by atoms with van der Waals surface area (Å²) in [7, 11) is 0. The van der Waals surface area contributed by atoms with Gasteiger partial charge >= 0.3 is 0 Å². The quantitative estimate of drug-likeness (QED) is 0.640. The fourth-order valence-corrected chi connectivity index (χ4v) is 2.62. The second kappa shape index (κ2) is 6.97. The van der Waals surface area contributed by atoms with Crippen LogP contribution in [0.2, 0.25) is 0 Å². The van der Waals surface area contributed by atoms with Crippen molar-refractivity contribution in [3.8, 4) is 0 Å². The molecule has 0 nitrogen and oxygen atoms in total. The van der Waals surface area contributed by atoms with E-state index in [1.807, 2.05) is 0 Å². The van der Waals surface area contributed by atoms with Crippen molar-refractivity contribution in [1.82, 2.24) is 0 Å². The molecule has 0 saturated carbocycles. The van der Waals surface area contributed by atoms with Gasteiger partial charge in [0.15, 0.2) is 0 Å². The Morgan fingerprint density at radius 1 is 0.667 bits per heavy atom. The van der Waals surface area contributed by atoms with Crippen LogP contribution in [0.25, 0.3) is 0 Å².